The van der Waals surface area contributed by atoms with Crippen LogP contribution in [0.1, 0.15) is 11.1 Å². The summed E-state index contributed by atoms with van der Waals surface area (Å²) in [6.07, 6.45) is 0. The van der Waals surface area contributed by atoms with Crippen LogP contribution >= 0.6 is 15.9 Å². The van der Waals surface area contributed by atoms with E-state index in [1.54, 1.807) is 0 Å². The Morgan fingerprint density at radius 1 is 1.00 bits per heavy atom. The molecule has 3 heteroatoms. The van der Waals surface area contributed by atoms with Crippen LogP contribution in [0.3, 0.4) is 0 Å². The molecule has 0 bridgehead atoms. The van der Waals surface area contributed by atoms with E-state index in [2.05, 4.69) is 50.8 Å². The highest BCUT2D eigenvalue weighted by Crippen LogP contribution is 2.24. The smallest absolute Gasteiger partial charge is 0.280 e. The van der Waals surface area contributed by atoms with Gasteiger partial charge in [-0.25, -0.2) is 4.58 Å². The van der Waals surface area contributed by atoms with E-state index in [-0.39, 0.29) is 0 Å². The Kier molecular flexibility index (Phi) is 2.48. The number of benzene rings is 2. The lowest BCUT2D eigenvalue weighted by molar-refractivity contribution is -0.453. The van der Waals surface area contributed by atoms with Crippen LogP contribution in [-0.4, -0.2) is 10.4 Å². The molecule has 0 saturated heterocycles. The first-order chi connectivity index (χ1) is 8.25. The molecule has 2 aromatic rings. The summed E-state index contributed by atoms with van der Waals surface area (Å²) in [5, 5.41) is 0. The van der Waals surface area contributed by atoms with Crippen LogP contribution in [-0.2, 0) is 6.54 Å². The molecule has 0 atom stereocenters. The Morgan fingerprint density at radius 3 is 2.41 bits per heavy atom. The van der Waals surface area contributed by atoms with Crippen molar-refractivity contribution in [2.45, 2.75) is 6.54 Å². The standard InChI is InChI=1S/C14H11BrN2/c15-11-5-7-12(8-6-11)17-9-10-3-1-2-4-13(10)14(17)16/h1-8,16H,9H2/p+1. The van der Waals surface area contributed by atoms with Crippen molar-refractivity contribution < 1.29 is 4.58 Å². The first-order valence-corrected chi connectivity index (χ1v) is 6.29. The van der Waals surface area contributed by atoms with E-state index in [0.717, 1.165) is 28.1 Å². The maximum absolute atomic E-state index is 6.19. The van der Waals surface area contributed by atoms with Gasteiger partial charge in [0.25, 0.3) is 5.84 Å². The second-order valence-corrected chi connectivity index (χ2v) is 5.02. The maximum atomic E-state index is 6.19. The predicted molar refractivity (Wildman–Crippen MR) is 72.5 cm³/mol. The van der Waals surface area contributed by atoms with Gasteiger partial charge in [-0.2, -0.15) is 0 Å². The van der Waals surface area contributed by atoms with Crippen molar-refractivity contribution in [3.8, 4) is 0 Å². The molecule has 0 unspecified atom stereocenters. The van der Waals surface area contributed by atoms with Crippen LogP contribution in [0.4, 0.5) is 5.69 Å². The van der Waals surface area contributed by atoms with E-state index in [1.165, 1.54) is 5.56 Å². The molecule has 0 saturated carbocycles. The van der Waals surface area contributed by atoms with E-state index < -0.39 is 0 Å². The number of amidine groups is 1. The van der Waals surface area contributed by atoms with E-state index in [4.69, 9.17) is 5.73 Å². The maximum Gasteiger partial charge on any atom is 0.280 e. The Labute approximate surface area is 109 Å². The average Bonchev–Trinajstić information content (AvgIpc) is 2.69. The molecule has 0 amide bonds. The Balaban J connectivity index is 2.08. The molecule has 2 N–H and O–H groups in total. The van der Waals surface area contributed by atoms with Crippen molar-refractivity contribution in [1.29, 1.82) is 0 Å². The first-order valence-electron chi connectivity index (χ1n) is 5.49. The van der Waals surface area contributed by atoms with Gasteiger partial charge in [-0.1, -0.05) is 34.1 Å². The van der Waals surface area contributed by atoms with Gasteiger partial charge in [0, 0.05) is 10.0 Å². The Morgan fingerprint density at radius 2 is 1.71 bits per heavy atom. The molecule has 0 aliphatic carbocycles. The van der Waals surface area contributed by atoms with Gasteiger partial charge in [-0.05, 0) is 30.3 Å². The van der Waals surface area contributed by atoms with Gasteiger partial charge >= 0.3 is 0 Å². The minimum atomic E-state index is 0.836. The zero-order chi connectivity index (χ0) is 11.8. The largest absolute Gasteiger partial charge is 0.286 e. The quantitative estimate of drug-likeness (QED) is 0.803. The predicted octanol–water partition coefficient (Wildman–Crippen LogP) is 3.01. The molecule has 2 aromatic carbocycles. The Hall–Kier alpha value is -1.61. The summed E-state index contributed by atoms with van der Waals surface area (Å²) in [5.74, 6) is 0.836. The second-order valence-electron chi connectivity index (χ2n) is 4.10. The third-order valence-electron chi connectivity index (χ3n) is 3.05. The van der Waals surface area contributed by atoms with E-state index in [9.17, 15) is 0 Å². The number of rotatable bonds is 1. The zero-order valence-corrected chi connectivity index (χ0v) is 10.8. The third-order valence-corrected chi connectivity index (χ3v) is 3.58. The Bertz CT molecular complexity index is 600. The first kappa shape index (κ1) is 10.5. The molecule has 0 fully saturated rings. The van der Waals surface area contributed by atoms with Gasteiger partial charge in [0.05, 0.1) is 5.56 Å². The van der Waals surface area contributed by atoms with Gasteiger partial charge in [0.2, 0.25) is 0 Å². The monoisotopic (exact) mass is 287 g/mol. The topological polar surface area (TPSA) is 29.0 Å². The summed E-state index contributed by atoms with van der Waals surface area (Å²) in [5.41, 5.74) is 9.75. The van der Waals surface area contributed by atoms with Crippen molar-refractivity contribution in [2.75, 3.05) is 0 Å². The average molecular weight is 288 g/mol. The number of nitrogens with zero attached hydrogens (tertiary/aromatic N) is 1. The van der Waals surface area contributed by atoms with Gasteiger partial charge in [0.15, 0.2) is 0 Å². The highest BCUT2D eigenvalue weighted by atomic mass is 79.9. The molecule has 84 valence electrons. The van der Waals surface area contributed by atoms with E-state index in [1.807, 2.05) is 18.2 Å². The number of nitrogens with two attached hydrogens (primary N) is 1. The third kappa shape index (κ3) is 1.76. The molecule has 0 radical (unpaired) electrons. The molecule has 1 aliphatic heterocycles. The lowest BCUT2D eigenvalue weighted by Crippen LogP contribution is -2.19. The summed E-state index contributed by atoms with van der Waals surface area (Å²) in [6, 6.07) is 16.5. The fourth-order valence-electron chi connectivity index (χ4n) is 2.16. The normalized spacial score (nSPS) is 13.9. The zero-order valence-electron chi connectivity index (χ0n) is 9.23. The van der Waals surface area contributed by atoms with Crippen LogP contribution in [0.15, 0.2) is 53.0 Å². The molecule has 0 spiro atoms. The molecule has 3 rings (SSSR count). The molecule has 0 aromatic heterocycles. The molecule has 1 heterocycles. The number of fused-ring (bicyclic) bond motifs is 1. The summed E-state index contributed by atoms with van der Waals surface area (Å²) < 4.78 is 3.22. The van der Waals surface area contributed by atoms with Crippen LogP contribution in [0.25, 0.3) is 0 Å². The molecular weight excluding hydrogens is 276 g/mol. The summed E-state index contributed by atoms with van der Waals surface area (Å²) in [6.45, 7) is 0.851. The second kappa shape index (κ2) is 4.00. The van der Waals surface area contributed by atoms with Crippen molar-refractivity contribution in [1.82, 2.24) is 0 Å². The van der Waals surface area contributed by atoms with Gasteiger partial charge in [-0.3, -0.25) is 5.73 Å². The highest BCUT2D eigenvalue weighted by molar-refractivity contribution is 9.10. The fraction of sp³-hybridized carbons (Fsp3) is 0.0714. The van der Waals surface area contributed by atoms with Gasteiger partial charge < -0.3 is 0 Å². The van der Waals surface area contributed by atoms with Crippen LogP contribution < -0.4 is 5.73 Å². The fourth-order valence-corrected chi connectivity index (χ4v) is 2.42. The van der Waals surface area contributed by atoms with Crippen LogP contribution in [0, 0.1) is 0 Å². The number of hydrogen-bond acceptors (Lipinski definition) is 1. The van der Waals surface area contributed by atoms with E-state index in [0.29, 0.717) is 0 Å². The minimum Gasteiger partial charge on any atom is -0.286 e. The SMILES string of the molecule is NC1=[N+](c2ccc(Br)cc2)Cc2ccccc21. The molecule has 1 aliphatic rings. The van der Waals surface area contributed by atoms with Gasteiger partial charge in [-0.15, -0.1) is 0 Å². The molecule has 2 nitrogen and oxygen atoms in total. The summed E-state index contributed by atoms with van der Waals surface area (Å²) in [4.78, 5) is 0. The number of halogens is 1. The van der Waals surface area contributed by atoms with Crippen molar-refractivity contribution in [3.05, 3.63) is 64.1 Å². The van der Waals surface area contributed by atoms with Gasteiger partial charge in [0.1, 0.15) is 12.2 Å². The van der Waals surface area contributed by atoms with Crippen molar-refractivity contribution in [3.63, 3.8) is 0 Å². The molecular formula is C14H12BrN2+. The number of hydrogen-bond donors (Lipinski definition) is 1. The van der Waals surface area contributed by atoms with Crippen molar-refractivity contribution >= 4 is 27.5 Å². The van der Waals surface area contributed by atoms with Crippen LogP contribution in [0.2, 0.25) is 0 Å². The lowest BCUT2D eigenvalue weighted by atomic mass is 10.1. The van der Waals surface area contributed by atoms with Crippen molar-refractivity contribution in [2.24, 2.45) is 5.73 Å². The van der Waals surface area contributed by atoms with E-state index >= 15 is 0 Å². The molecule has 17 heavy (non-hydrogen) atoms. The lowest BCUT2D eigenvalue weighted by Gasteiger charge is -2.02. The summed E-state index contributed by atoms with van der Waals surface area (Å²) >= 11 is 3.44. The minimum absolute atomic E-state index is 0.836. The summed E-state index contributed by atoms with van der Waals surface area (Å²) in [7, 11) is 0. The van der Waals surface area contributed by atoms with Crippen LogP contribution in [0.5, 0.6) is 0 Å². The highest BCUT2D eigenvalue weighted by Gasteiger charge is 2.24.